The van der Waals surface area contributed by atoms with Crippen molar-refractivity contribution in [1.82, 2.24) is 19.8 Å². The Labute approximate surface area is 329 Å². The molecule has 10 rings (SSSR count). The molecule has 4 bridgehead atoms. The van der Waals surface area contributed by atoms with Gasteiger partial charge in [0.25, 0.3) is 0 Å². The molecule has 2 unspecified atom stereocenters. The topological polar surface area (TPSA) is 103 Å². The number of nitrogens with zero attached hydrogens (tertiary/aromatic N) is 4. The number of methoxy groups -OCH3 is 2. The summed E-state index contributed by atoms with van der Waals surface area (Å²) in [4.78, 5) is 41.6. The average molecular weight is 759 g/mol. The zero-order chi connectivity index (χ0) is 38.8. The van der Waals surface area contributed by atoms with Gasteiger partial charge in [0.2, 0.25) is 0 Å². The maximum atomic E-state index is 13.7. The second kappa shape index (κ2) is 16.7. The standard InChI is InChI=1S/C46H54N4O6/c1-5-29-27-49-21-17-31(29)23-41(49)45(35-15-19-47-39-13-11-33(53-3)25-37(35)39)55-43(51)9-7-8-10-44(52)56-46(42-24-32-18-22-50(42)28-30(32)6-2)36-16-20-48-40-14-12-34(54-4)26-38(36)40/h5-6,11-16,19-20,25-26,29-32,41-42,45-46H,1-2,7-10,17-18,21-24,27-28H2,3-4H3/t29-,30-,31-,32-,41-,42-,45+,46+/m0/s1. The first-order chi connectivity index (χ1) is 27.4. The van der Waals surface area contributed by atoms with E-state index in [0.29, 0.717) is 36.5 Å². The van der Waals surface area contributed by atoms with Gasteiger partial charge in [0.15, 0.2) is 0 Å². The number of hydrogen-bond acceptors (Lipinski definition) is 10. The van der Waals surface area contributed by atoms with E-state index in [1.54, 1.807) is 26.6 Å². The highest BCUT2D eigenvalue weighted by molar-refractivity contribution is 5.85. The molecule has 2 aromatic heterocycles. The fourth-order valence-corrected chi connectivity index (χ4v) is 10.1. The normalized spacial score (nSPS) is 27.7. The highest BCUT2D eigenvalue weighted by Gasteiger charge is 2.46. The number of pyridine rings is 2. The Hall–Kier alpha value is -4.80. The molecular weight excluding hydrogens is 705 g/mol. The molecule has 10 nitrogen and oxygen atoms in total. The minimum Gasteiger partial charge on any atom is -0.497 e. The zero-order valence-electron chi connectivity index (χ0n) is 32.7. The summed E-state index contributed by atoms with van der Waals surface area (Å²) in [5.41, 5.74) is 3.55. The van der Waals surface area contributed by atoms with Crippen molar-refractivity contribution in [2.75, 3.05) is 40.4 Å². The lowest BCUT2D eigenvalue weighted by atomic mass is 9.73. The van der Waals surface area contributed by atoms with Gasteiger partial charge in [0.05, 0.1) is 37.3 Å². The van der Waals surface area contributed by atoms with E-state index >= 15 is 0 Å². The van der Waals surface area contributed by atoms with Crippen LogP contribution >= 0.6 is 0 Å². The van der Waals surface area contributed by atoms with E-state index in [2.05, 4.69) is 45.1 Å². The van der Waals surface area contributed by atoms with Gasteiger partial charge >= 0.3 is 11.9 Å². The molecule has 2 aromatic carbocycles. The van der Waals surface area contributed by atoms with E-state index in [-0.39, 0.29) is 36.9 Å². The first-order valence-corrected chi connectivity index (χ1v) is 20.3. The van der Waals surface area contributed by atoms with Crippen LogP contribution in [0.4, 0.5) is 0 Å². The van der Waals surface area contributed by atoms with Gasteiger partial charge in [-0.15, -0.1) is 13.2 Å². The van der Waals surface area contributed by atoms with Crippen LogP contribution in [0, 0.1) is 23.7 Å². The summed E-state index contributed by atoms with van der Waals surface area (Å²) >= 11 is 0. The molecule has 4 aromatic rings. The zero-order valence-corrected chi connectivity index (χ0v) is 32.7. The summed E-state index contributed by atoms with van der Waals surface area (Å²) in [5, 5.41) is 1.85. The number of piperidine rings is 6. The number of rotatable bonds is 15. The molecule has 0 N–H and O–H groups in total. The predicted octanol–water partition coefficient (Wildman–Crippen LogP) is 8.02. The van der Waals surface area contributed by atoms with E-state index < -0.39 is 12.2 Å². The highest BCUT2D eigenvalue weighted by Crippen LogP contribution is 2.45. The summed E-state index contributed by atoms with van der Waals surface area (Å²) < 4.78 is 24.1. The number of carbonyl (C=O) groups excluding carboxylic acids is 2. The lowest BCUT2D eigenvalue weighted by Gasteiger charge is -2.51. The quantitative estimate of drug-likeness (QED) is 0.0673. The van der Waals surface area contributed by atoms with Crippen LogP contribution in [0.15, 0.2) is 86.2 Å². The average Bonchev–Trinajstić information content (AvgIpc) is 3.25. The predicted molar refractivity (Wildman–Crippen MR) is 216 cm³/mol. The molecule has 0 radical (unpaired) electrons. The van der Waals surface area contributed by atoms with Crippen LogP contribution in [0.3, 0.4) is 0 Å². The summed E-state index contributed by atoms with van der Waals surface area (Å²) in [6.45, 7) is 12.0. The van der Waals surface area contributed by atoms with E-state index in [1.165, 1.54) is 0 Å². The highest BCUT2D eigenvalue weighted by atomic mass is 16.5. The van der Waals surface area contributed by atoms with Gasteiger partial charge in [-0.1, -0.05) is 12.2 Å². The molecule has 6 aliphatic rings. The summed E-state index contributed by atoms with van der Waals surface area (Å²) in [6.07, 6.45) is 12.4. The monoisotopic (exact) mass is 758 g/mol. The van der Waals surface area contributed by atoms with Gasteiger partial charge in [-0.05, 0) is 124 Å². The molecule has 0 amide bonds. The molecule has 10 atom stereocenters. The third-order valence-corrected chi connectivity index (χ3v) is 13.1. The van der Waals surface area contributed by atoms with Crippen molar-refractivity contribution in [2.24, 2.45) is 23.7 Å². The number of hydrogen-bond donors (Lipinski definition) is 0. The number of benzene rings is 2. The second-order valence-electron chi connectivity index (χ2n) is 16.1. The molecular formula is C46H54N4O6. The largest absolute Gasteiger partial charge is 0.497 e. The number of ether oxygens (including phenoxy) is 4. The smallest absolute Gasteiger partial charge is 0.306 e. The van der Waals surface area contributed by atoms with E-state index in [1.807, 2.05) is 48.5 Å². The van der Waals surface area contributed by atoms with Gasteiger partial charge in [-0.3, -0.25) is 29.4 Å². The van der Waals surface area contributed by atoms with Crippen LogP contribution < -0.4 is 9.47 Å². The lowest BCUT2D eigenvalue weighted by molar-refractivity contribution is -0.159. The fourth-order valence-electron chi connectivity index (χ4n) is 10.1. The van der Waals surface area contributed by atoms with E-state index in [4.69, 9.17) is 18.9 Å². The number of aromatic nitrogens is 2. The molecule has 6 aliphatic heterocycles. The Balaban J connectivity index is 0.957. The van der Waals surface area contributed by atoms with Gasteiger partial charge in [-0.2, -0.15) is 0 Å². The van der Waals surface area contributed by atoms with E-state index in [0.717, 1.165) is 96.3 Å². The Morgan fingerprint density at radius 1 is 0.714 bits per heavy atom. The van der Waals surface area contributed by atoms with Crippen molar-refractivity contribution in [3.63, 3.8) is 0 Å². The number of carbonyl (C=O) groups is 2. The molecule has 0 spiro atoms. The summed E-state index contributed by atoms with van der Waals surface area (Å²) in [6, 6.07) is 15.7. The number of fused-ring (bicyclic) bond motifs is 8. The molecule has 56 heavy (non-hydrogen) atoms. The Bertz CT molecular complexity index is 1940. The van der Waals surface area contributed by atoms with Crippen molar-refractivity contribution in [1.29, 1.82) is 0 Å². The van der Waals surface area contributed by atoms with E-state index in [9.17, 15) is 9.59 Å². The van der Waals surface area contributed by atoms with Crippen LogP contribution in [0.1, 0.15) is 74.7 Å². The Morgan fingerprint density at radius 2 is 1.16 bits per heavy atom. The van der Waals surface area contributed by atoms with Crippen molar-refractivity contribution >= 4 is 33.7 Å². The third-order valence-electron chi connectivity index (χ3n) is 13.1. The first kappa shape index (κ1) is 38.1. The van der Waals surface area contributed by atoms with Crippen molar-refractivity contribution < 1.29 is 28.5 Å². The molecule has 10 heteroatoms. The summed E-state index contributed by atoms with van der Waals surface area (Å²) in [5.74, 6) is 2.84. The number of esters is 2. The van der Waals surface area contributed by atoms with Gasteiger partial charge in [0.1, 0.15) is 23.7 Å². The van der Waals surface area contributed by atoms with Crippen LogP contribution in [0.2, 0.25) is 0 Å². The van der Waals surface area contributed by atoms with Crippen molar-refractivity contribution in [2.45, 2.75) is 75.7 Å². The summed E-state index contributed by atoms with van der Waals surface area (Å²) in [7, 11) is 3.31. The first-order valence-electron chi connectivity index (χ1n) is 20.3. The molecule has 6 saturated heterocycles. The maximum absolute atomic E-state index is 13.7. The van der Waals surface area contributed by atoms with Gasteiger partial charge in [-0.25, -0.2) is 0 Å². The fraction of sp³-hybridized carbons (Fsp3) is 0.478. The Kier molecular flexibility index (Phi) is 11.4. The minimum atomic E-state index is -0.463. The van der Waals surface area contributed by atoms with Gasteiger partial charge in [0, 0.05) is 60.2 Å². The molecule has 6 fully saturated rings. The minimum absolute atomic E-state index is 0.0504. The van der Waals surface area contributed by atoms with Crippen LogP contribution in [-0.2, 0) is 19.1 Å². The number of unbranched alkanes of at least 4 members (excludes halogenated alkanes) is 1. The second-order valence-corrected chi connectivity index (χ2v) is 16.1. The molecule has 294 valence electrons. The lowest BCUT2D eigenvalue weighted by Crippen LogP contribution is -2.55. The van der Waals surface area contributed by atoms with Crippen molar-refractivity contribution in [3.05, 3.63) is 97.4 Å². The maximum Gasteiger partial charge on any atom is 0.306 e. The molecule has 0 saturated carbocycles. The molecule has 0 aliphatic carbocycles. The Morgan fingerprint density at radius 3 is 1.54 bits per heavy atom. The van der Waals surface area contributed by atoms with Crippen LogP contribution in [0.25, 0.3) is 21.8 Å². The SMILES string of the molecule is C=C[C@H]1CN2CC[C@H]1C[C@H]2[C@H](OC(=O)CCCCC(=O)O[C@H](c1ccnc2ccc(OC)cc12)[C@@H]1C[C@@H]2CCN1C[C@@H]2C=C)c1ccnc2ccc(OC)cc12. The van der Waals surface area contributed by atoms with Crippen LogP contribution in [0.5, 0.6) is 11.5 Å². The van der Waals surface area contributed by atoms with Gasteiger partial charge < -0.3 is 18.9 Å². The third kappa shape index (κ3) is 7.65. The molecule has 8 heterocycles. The van der Waals surface area contributed by atoms with Crippen molar-refractivity contribution in [3.8, 4) is 11.5 Å². The van der Waals surface area contributed by atoms with Crippen LogP contribution in [-0.4, -0.2) is 84.2 Å².